The van der Waals surface area contributed by atoms with Gasteiger partial charge in [-0.05, 0) is 49.2 Å². The molecule has 1 aliphatic rings. The maximum absolute atomic E-state index is 12.6. The minimum atomic E-state index is -4.77. The third-order valence-corrected chi connectivity index (χ3v) is 5.11. The Balaban J connectivity index is 1.50. The van der Waals surface area contributed by atoms with Gasteiger partial charge in [-0.1, -0.05) is 18.2 Å². The molecule has 0 aromatic heterocycles. The van der Waals surface area contributed by atoms with E-state index in [2.05, 4.69) is 10.1 Å². The minimum Gasteiger partial charge on any atom is -0.406 e. The maximum Gasteiger partial charge on any atom is 0.573 e. The van der Waals surface area contributed by atoms with E-state index in [-0.39, 0.29) is 29.7 Å². The van der Waals surface area contributed by atoms with Crippen molar-refractivity contribution in [3.05, 3.63) is 59.2 Å². The molecule has 2 aromatic rings. The van der Waals surface area contributed by atoms with E-state index in [4.69, 9.17) is 0 Å². The lowest BCUT2D eigenvalue weighted by molar-refractivity contribution is -0.274. The Morgan fingerprint density at radius 1 is 0.968 bits per heavy atom. The average molecular weight is 435 g/mol. The third kappa shape index (κ3) is 6.21. The van der Waals surface area contributed by atoms with Gasteiger partial charge in [0.05, 0.1) is 6.54 Å². The number of benzene rings is 2. The molecule has 1 saturated heterocycles. The van der Waals surface area contributed by atoms with Crippen molar-refractivity contribution in [3.63, 3.8) is 0 Å². The molecule has 0 radical (unpaired) electrons. The number of para-hydroxylation sites is 1. The standard InChI is InChI=1S/C22H24F3N3O3/c1-15-4-3-5-16(2)20(15)26-19(29)14-27-10-12-28(13-11-27)21(30)17-6-8-18(9-7-17)31-22(23,24)25/h3-9H,10-14H2,1-2H3,(H,26,29). The molecule has 1 aliphatic heterocycles. The largest absolute Gasteiger partial charge is 0.573 e. The summed E-state index contributed by atoms with van der Waals surface area (Å²) in [5.74, 6) is -0.751. The van der Waals surface area contributed by atoms with Crippen LogP contribution in [0.15, 0.2) is 42.5 Å². The summed E-state index contributed by atoms with van der Waals surface area (Å²) >= 11 is 0. The number of rotatable bonds is 5. The summed E-state index contributed by atoms with van der Waals surface area (Å²) in [5, 5.41) is 2.95. The van der Waals surface area contributed by atoms with Gasteiger partial charge in [0.1, 0.15) is 5.75 Å². The van der Waals surface area contributed by atoms with Gasteiger partial charge in [-0.25, -0.2) is 0 Å². The summed E-state index contributed by atoms with van der Waals surface area (Å²) in [6.45, 7) is 6.01. The smallest absolute Gasteiger partial charge is 0.406 e. The quantitative estimate of drug-likeness (QED) is 0.780. The number of hydrogen-bond donors (Lipinski definition) is 1. The van der Waals surface area contributed by atoms with E-state index in [9.17, 15) is 22.8 Å². The number of carbonyl (C=O) groups excluding carboxylic acids is 2. The molecule has 2 amide bonds. The number of nitrogens with zero attached hydrogens (tertiary/aromatic N) is 2. The van der Waals surface area contributed by atoms with Crippen LogP contribution < -0.4 is 10.1 Å². The summed E-state index contributed by atoms with van der Waals surface area (Å²) < 4.78 is 40.6. The summed E-state index contributed by atoms with van der Waals surface area (Å²) in [6.07, 6.45) is -4.77. The molecule has 3 rings (SSSR count). The van der Waals surface area contributed by atoms with Crippen LogP contribution in [0.25, 0.3) is 0 Å². The monoisotopic (exact) mass is 435 g/mol. The maximum atomic E-state index is 12.6. The SMILES string of the molecule is Cc1cccc(C)c1NC(=O)CN1CCN(C(=O)c2ccc(OC(F)(F)F)cc2)CC1. The molecular formula is C22H24F3N3O3. The fourth-order valence-corrected chi connectivity index (χ4v) is 3.48. The topological polar surface area (TPSA) is 61.9 Å². The van der Waals surface area contributed by atoms with Gasteiger partial charge in [0.25, 0.3) is 5.91 Å². The average Bonchev–Trinajstić information content (AvgIpc) is 2.70. The zero-order chi connectivity index (χ0) is 22.6. The zero-order valence-corrected chi connectivity index (χ0v) is 17.3. The van der Waals surface area contributed by atoms with Crippen LogP contribution >= 0.6 is 0 Å². The van der Waals surface area contributed by atoms with Crippen LogP contribution in [0.5, 0.6) is 5.75 Å². The first-order valence-electron chi connectivity index (χ1n) is 9.86. The van der Waals surface area contributed by atoms with Crippen LogP contribution in [-0.4, -0.2) is 60.7 Å². The van der Waals surface area contributed by atoms with Gasteiger partial charge in [0, 0.05) is 37.4 Å². The van der Waals surface area contributed by atoms with E-state index in [1.807, 2.05) is 36.9 Å². The second kappa shape index (κ2) is 9.38. The number of piperazine rings is 1. The highest BCUT2D eigenvalue weighted by Crippen LogP contribution is 2.23. The first kappa shape index (κ1) is 22.6. The summed E-state index contributed by atoms with van der Waals surface area (Å²) in [7, 11) is 0. The molecule has 1 heterocycles. The van der Waals surface area contributed by atoms with Gasteiger partial charge in [0.15, 0.2) is 0 Å². The van der Waals surface area contributed by atoms with Crippen molar-refractivity contribution in [2.75, 3.05) is 38.0 Å². The molecule has 0 saturated carbocycles. The van der Waals surface area contributed by atoms with Crippen molar-refractivity contribution in [1.82, 2.24) is 9.80 Å². The zero-order valence-electron chi connectivity index (χ0n) is 17.3. The molecule has 2 aromatic carbocycles. The number of anilines is 1. The normalized spacial score (nSPS) is 14.9. The number of nitrogens with one attached hydrogen (secondary N) is 1. The van der Waals surface area contributed by atoms with Crippen LogP contribution in [-0.2, 0) is 4.79 Å². The van der Waals surface area contributed by atoms with Crippen LogP contribution in [0.4, 0.5) is 18.9 Å². The van der Waals surface area contributed by atoms with Crippen molar-refractivity contribution >= 4 is 17.5 Å². The van der Waals surface area contributed by atoms with Crippen molar-refractivity contribution in [3.8, 4) is 5.75 Å². The number of amides is 2. The fraction of sp³-hybridized carbons (Fsp3) is 0.364. The summed E-state index contributed by atoms with van der Waals surface area (Å²) in [5.41, 5.74) is 3.10. The van der Waals surface area contributed by atoms with Crippen LogP contribution in [0.3, 0.4) is 0 Å². The molecule has 0 spiro atoms. The van der Waals surface area contributed by atoms with Gasteiger partial charge < -0.3 is 15.0 Å². The highest BCUT2D eigenvalue weighted by atomic mass is 19.4. The van der Waals surface area contributed by atoms with E-state index in [0.29, 0.717) is 26.2 Å². The van der Waals surface area contributed by atoms with Crippen molar-refractivity contribution < 1.29 is 27.5 Å². The Morgan fingerprint density at radius 2 is 1.55 bits per heavy atom. The van der Waals surface area contributed by atoms with E-state index in [1.165, 1.54) is 12.1 Å². The molecule has 1 fully saturated rings. The van der Waals surface area contributed by atoms with Crippen LogP contribution in [0.2, 0.25) is 0 Å². The molecule has 0 atom stereocenters. The lowest BCUT2D eigenvalue weighted by Crippen LogP contribution is -2.50. The van der Waals surface area contributed by atoms with Gasteiger partial charge in [-0.2, -0.15) is 0 Å². The summed E-state index contributed by atoms with van der Waals surface area (Å²) in [6, 6.07) is 10.7. The van der Waals surface area contributed by atoms with Gasteiger partial charge in [0.2, 0.25) is 5.91 Å². The van der Waals surface area contributed by atoms with E-state index in [1.54, 1.807) is 4.90 Å². The number of halogens is 3. The second-order valence-electron chi connectivity index (χ2n) is 7.46. The molecule has 31 heavy (non-hydrogen) atoms. The lowest BCUT2D eigenvalue weighted by atomic mass is 10.1. The molecule has 0 aliphatic carbocycles. The first-order valence-corrected chi connectivity index (χ1v) is 9.86. The van der Waals surface area contributed by atoms with Crippen molar-refractivity contribution in [1.29, 1.82) is 0 Å². The molecule has 0 unspecified atom stereocenters. The summed E-state index contributed by atoms with van der Waals surface area (Å²) in [4.78, 5) is 28.6. The van der Waals surface area contributed by atoms with E-state index >= 15 is 0 Å². The second-order valence-corrected chi connectivity index (χ2v) is 7.46. The van der Waals surface area contributed by atoms with Crippen molar-refractivity contribution in [2.45, 2.75) is 20.2 Å². The number of carbonyl (C=O) groups is 2. The minimum absolute atomic E-state index is 0.113. The van der Waals surface area contributed by atoms with Gasteiger partial charge in [-0.15, -0.1) is 13.2 Å². The predicted molar refractivity (Wildman–Crippen MR) is 110 cm³/mol. The Labute approximate surface area is 178 Å². The van der Waals surface area contributed by atoms with E-state index in [0.717, 1.165) is 28.9 Å². The Morgan fingerprint density at radius 3 is 2.10 bits per heavy atom. The lowest BCUT2D eigenvalue weighted by Gasteiger charge is -2.34. The van der Waals surface area contributed by atoms with Crippen LogP contribution in [0.1, 0.15) is 21.5 Å². The number of alkyl halides is 3. The fourth-order valence-electron chi connectivity index (χ4n) is 3.48. The first-order chi connectivity index (χ1) is 14.6. The molecule has 6 nitrogen and oxygen atoms in total. The Hall–Kier alpha value is -3.07. The molecule has 0 bridgehead atoms. The third-order valence-electron chi connectivity index (χ3n) is 5.11. The predicted octanol–water partition coefficient (Wildman–Crippen LogP) is 3.60. The van der Waals surface area contributed by atoms with E-state index < -0.39 is 6.36 Å². The van der Waals surface area contributed by atoms with Gasteiger partial charge in [-0.3, -0.25) is 14.5 Å². The highest BCUT2D eigenvalue weighted by Gasteiger charge is 2.31. The van der Waals surface area contributed by atoms with Gasteiger partial charge >= 0.3 is 6.36 Å². The highest BCUT2D eigenvalue weighted by molar-refractivity contribution is 5.95. The van der Waals surface area contributed by atoms with Crippen LogP contribution in [0, 0.1) is 13.8 Å². The molecule has 9 heteroatoms. The number of ether oxygens (including phenoxy) is 1. The molecule has 1 N–H and O–H groups in total. The van der Waals surface area contributed by atoms with Crippen molar-refractivity contribution in [2.24, 2.45) is 0 Å². The Bertz CT molecular complexity index is 917. The molecular weight excluding hydrogens is 411 g/mol. The number of hydrogen-bond acceptors (Lipinski definition) is 4. The number of aryl methyl sites for hydroxylation is 2. The molecule has 166 valence electrons. The Kier molecular flexibility index (Phi) is 6.84.